The van der Waals surface area contributed by atoms with E-state index in [9.17, 15) is 4.79 Å². The van der Waals surface area contributed by atoms with E-state index in [1.54, 1.807) is 18.3 Å². The van der Waals surface area contributed by atoms with E-state index in [-0.39, 0.29) is 12.0 Å². The molecule has 1 aliphatic carbocycles. The Balaban J connectivity index is 1.54. The summed E-state index contributed by atoms with van der Waals surface area (Å²) in [6, 6.07) is 12.3. The molecule has 0 radical (unpaired) electrons. The molecule has 1 fully saturated rings. The Labute approximate surface area is 165 Å². The van der Waals surface area contributed by atoms with Gasteiger partial charge in [0.05, 0.1) is 24.3 Å². The topological polar surface area (TPSA) is 38.8 Å². The normalized spacial score (nSPS) is 24.4. The minimum atomic E-state index is -0.468. The molecule has 2 heterocycles. The molecule has 2 unspecified atom stereocenters. The lowest BCUT2D eigenvalue weighted by Gasteiger charge is -2.32. The summed E-state index contributed by atoms with van der Waals surface area (Å²) in [4.78, 5) is 15.5. The molecule has 1 aliphatic heterocycles. The van der Waals surface area contributed by atoms with Crippen LogP contribution in [0.4, 0.5) is 5.00 Å². The molecular weight excluding hydrogens is 358 g/mol. The van der Waals surface area contributed by atoms with E-state index >= 15 is 0 Å². The van der Waals surface area contributed by atoms with Gasteiger partial charge in [0.1, 0.15) is 0 Å². The first-order valence-electron chi connectivity index (χ1n) is 9.71. The van der Waals surface area contributed by atoms with E-state index in [1.807, 2.05) is 23.1 Å². The van der Waals surface area contributed by atoms with Gasteiger partial charge in [0.15, 0.2) is 5.79 Å². The van der Waals surface area contributed by atoms with Crippen LogP contribution in [0.5, 0.6) is 0 Å². The number of aryl methyl sites for hydroxylation is 1. The minimum absolute atomic E-state index is 0.0698. The molecule has 1 amide bonds. The van der Waals surface area contributed by atoms with Gasteiger partial charge in [-0.2, -0.15) is 0 Å². The molecule has 4 rings (SSSR count). The van der Waals surface area contributed by atoms with E-state index < -0.39 is 5.79 Å². The monoisotopic (exact) mass is 385 g/mol. The number of rotatable bonds is 4. The number of ether oxygens (including phenoxy) is 2. The van der Waals surface area contributed by atoms with Gasteiger partial charge in [-0.25, -0.2) is 0 Å². The number of carbonyl (C=O) groups excluding carboxylic acids is 1. The number of carbonyl (C=O) groups is 1. The number of thiophene rings is 1. The van der Waals surface area contributed by atoms with Crippen molar-refractivity contribution in [2.45, 2.75) is 58.5 Å². The second kappa shape index (κ2) is 7.38. The lowest BCUT2D eigenvalue weighted by atomic mass is 9.93. The van der Waals surface area contributed by atoms with E-state index in [1.165, 1.54) is 10.4 Å². The summed E-state index contributed by atoms with van der Waals surface area (Å²) >= 11 is 1.71. The standard InChI is InChI=1S/C22H27NO3S/c1-15(2)19-14-25-22(26-19)10-9-18-11-21(27-20(18)12-22)23(16(3)24)13-17-7-5-4-6-8-17/h4-8,11,15,19H,9-10,12-14H2,1-3H3. The van der Waals surface area contributed by atoms with Crippen molar-refractivity contribution in [2.75, 3.05) is 11.5 Å². The highest BCUT2D eigenvalue weighted by Gasteiger charge is 2.45. The molecule has 0 N–H and O–H groups in total. The predicted octanol–water partition coefficient (Wildman–Crippen LogP) is 4.56. The maximum absolute atomic E-state index is 12.3. The third kappa shape index (κ3) is 3.82. The smallest absolute Gasteiger partial charge is 0.224 e. The summed E-state index contributed by atoms with van der Waals surface area (Å²) in [7, 11) is 0. The van der Waals surface area contributed by atoms with Crippen molar-refractivity contribution >= 4 is 22.2 Å². The van der Waals surface area contributed by atoms with Crippen molar-refractivity contribution in [1.29, 1.82) is 0 Å². The van der Waals surface area contributed by atoms with Crippen LogP contribution in [0.25, 0.3) is 0 Å². The van der Waals surface area contributed by atoms with Gasteiger partial charge >= 0.3 is 0 Å². The van der Waals surface area contributed by atoms with Gasteiger partial charge in [0, 0.05) is 24.6 Å². The van der Waals surface area contributed by atoms with Crippen LogP contribution in [-0.2, 0) is 33.7 Å². The Bertz CT molecular complexity index is 816. The highest BCUT2D eigenvalue weighted by atomic mass is 32.1. The van der Waals surface area contributed by atoms with Gasteiger partial charge < -0.3 is 9.47 Å². The Kier molecular flexibility index (Phi) is 5.10. The van der Waals surface area contributed by atoms with Crippen LogP contribution in [-0.4, -0.2) is 24.4 Å². The average Bonchev–Trinajstić information content (AvgIpc) is 3.25. The number of amides is 1. The lowest BCUT2D eigenvalue weighted by Crippen LogP contribution is -2.37. The summed E-state index contributed by atoms with van der Waals surface area (Å²) in [6.07, 6.45) is 2.79. The maximum Gasteiger partial charge on any atom is 0.224 e. The van der Waals surface area contributed by atoms with Crippen LogP contribution in [0.2, 0.25) is 0 Å². The van der Waals surface area contributed by atoms with Gasteiger partial charge in [-0.05, 0) is 29.5 Å². The van der Waals surface area contributed by atoms with Crippen molar-refractivity contribution in [3.05, 3.63) is 52.4 Å². The summed E-state index contributed by atoms with van der Waals surface area (Å²) in [5, 5.41) is 1.02. The van der Waals surface area contributed by atoms with Crippen molar-refractivity contribution in [2.24, 2.45) is 5.92 Å². The highest BCUT2D eigenvalue weighted by molar-refractivity contribution is 7.16. The number of hydrogen-bond acceptors (Lipinski definition) is 4. The quantitative estimate of drug-likeness (QED) is 0.775. The molecule has 1 saturated heterocycles. The van der Waals surface area contributed by atoms with Crippen LogP contribution in [0.1, 0.15) is 43.2 Å². The fourth-order valence-corrected chi connectivity index (χ4v) is 5.18. The van der Waals surface area contributed by atoms with E-state index in [2.05, 4.69) is 32.0 Å². The van der Waals surface area contributed by atoms with Crippen LogP contribution < -0.4 is 4.90 Å². The van der Waals surface area contributed by atoms with Crippen molar-refractivity contribution in [1.82, 2.24) is 0 Å². The third-order valence-corrected chi connectivity index (χ3v) is 6.74. The Morgan fingerprint density at radius 2 is 2.11 bits per heavy atom. The summed E-state index contributed by atoms with van der Waals surface area (Å²) in [6.45, 7) is 7.28. The molecule has 1 aromatic heterocycles. The number of fused-ring (bicyclic) bond motifs is 1. The van der Waals surface area contributed by atoms with Crippen LogP contribution in [0.15, 0.2) is 36.4 Å². The van der Waals surface area contributed by atoms with Crippen molar-refractivity contribution in [3.63, 3.8) is 0 Å². The minimum Gasteiger partial charge on any atom is -0.347 e. The summed E-state index contributed by atoms with van der Waals surface area (Å²) in [5.74, 6) is 0.0639. The molecule has 1 spiro atoms. The molecule has 2 atom stereocenters. The fraction of sp³-hybridized carbons (Fsp3) is 0.500. The number of hydrogen-bond donors (Lipinski definition) is 0. The number of nitrogens with zero attached hydrogens (tertiary/aromatic N) is 1. The lowest BCUT2D eigenvalue weighted by molar-refractivity contribution is -0.178. The molecule has 1 aromatic carbocycles. The second-order valence-corrected chi connectivity index (χ2v) is 9.04. The Morgan fingerprint density at radius 3 is 2.78 bits per heavy atom. The molecule has 2 aliphatic rings. The molecular formula is C22H27NO3S. The average molecular weight is 386 g/mol. The SMILES string of the molecule is CC(=O)N(Cc1ccccc1)c1cc2c(s1)CC1(CC2)OCC(C(C)C)O1. The van der Waals surface area contributed by atoms with Crippen LogP contribution in [0, 0.1) is 5.92 Å². The molecule has 144 valence electrons. The third-order valence-electron chi connectivity index (χ3n) is 5.54. The highest BCUT2D eigenvalue weighted by Crippen LogP contribution is 2.43. The van der Waals surface area contributed by atoms with E-state index in [0.29, 0.717) is 19.1 Å². The first-order valence-corrected chi connectivity index (χ1v) is 10.5. The molecule has 2 aromatic rings. The van der Waals surface area contributed by atoms with Crippen molar-refractivity contribution in [3.8, 4) is 0 Å². The number of anilines is 1. The van der Waals surface area contributed by atoms with Gasteiger partial charge in [-0.15, -0.1) is 11.3 Å². The first kappa shape index (κ1) is 18.7. The largest absolute Gasteiger partial charge is 0.347 e. The predicted molar refractivity (Wildman–Crippen MR) is 108 cm³/mol. The molecule has 5 heteroatoms. The molecule has 27 heavy (non-hydrogen) atoms. The molecule has 0 saturated carbocycles. The molecule has 0 bridgehead atoms. The van der Waals surface area contributed by atoms with Gasteiger partial charge in [0.2, 0.25) is 5.91 Å². The maximum atomic E-state index is 12.3. The zero-order chi connectivity index (χ0) is 19.0. The van der Waals surface area contributed by atoms with Crippen LogP contribution in [0.3, 0.4) is 0 Å². The fourth-order valence-electron chi connectivity index (χ4n) is 3.84. The Morgan fingerprint density at radius 1 is 1.33 bits per heavy atom. The first-order chi connectivity index (χ1) is 13.0. The number of benzene rings is 1. The van der Waals surface area contributed by atoms with Gasteiger partial charge in [-0.1, -0.05) is 44.2 Å². The van der Waals surface area contributed by atoms with Gasteiger partial charge in [-0.3, -0.25) is 9.69 Å². The van der Waals surface area contributed by atoms with Crippen LogP contribution >= 0.6 is 11.3 Å². The zero-order valence-corrected chi connectivity index (χ0v) is 17.1. The second-order valence-electron chi connectivity index (χ2n) is 7.92. The molecule has 4 nitrogen and oxygen atoms in total. The zero-order valence-electron chi connectivity index (χ0n) is 16.2. The van der Waals surface area contributed by atoms with Crippen molar-refractivity contribution < 1.29 is 14.3 Å². The summed E-state index contributed by atoms with van der Waals surface area (Å²) in [5.41, 5.74) is 2.47. The van der Waals surface area contributed by atoms with Gasteiger partial charge in [0.25, 0.3) is 0 Å². The van der Waals surface area contributed by atoms with E-state index in [4.69, 9.17) is 9.47 Å². The Hall–Kier alpha value is -1.69. The summed E-state index contributed by atoms with van der Waals surface area (Å²) < 4.78 is 12.5. The van der Waals surface area contributed by atoms with E-state index in [0.717, 1.165) is 29.8 Å².